The van der Waals surface area contributed by atoms with Gasteiger partial charge in [-0.2, -0.15) is 13.5 Å². The molecule has 37 heavy (non-hydrogen) atoms. The molecule has 3 aromatic rings. The number of fused-ring (bicyclic) bond motifs is 1. The summed E-state index contributed by atoms with van der Waals surface area (Å²) >= 11 is 0. The second-order valence-corrected chi connectivity index (χ2v) is 11.1. The van der Waals surface area contributed by atoms with Gasteiger partial charge >= 0.3 is 6.03 Å². The number of aromatic nitrogens is 3. The van der Waals surface area contributed by atoms with Crippen LogP contribution in [0.25, 0.3) is 11.1 Å². The minimum atomic E-state index is -4.32. The summed E-state index contributed by atoms with van der Waals surface area (Å²) in [6.45, 7) is 3.26. The van der Waals surface area contributed by atoms with Crippen LogP contribution in [0.4, 0.5) is 10.5 Å². The zero-order chi connectivity index (χ0) is 27.0. The normalized spacial score (nSPS) is 13.1. The van der Waals surface area contributed by atoms with Gasteiger partial charge in [-0.3, -0.25) is 9.48 Å². The third kappa shape index (κ3) is 5.15. The molecule has 0 aliphatic heterocycles. The average molecular weight is 527 g/mol. The number of amides is 3. The number of urea groups is 1. The van der Waals surface area contributed by atoms with E-state index in [1.54, 1.807) is 46.3 Å². The van der Waals surface area contributed by atoms with Crippen molar-refractivity contribution in [1.29, 1.82) is 0 Å². The molecule has 0 spiro atoms. The SMILES string of the molecule is COc1cc(-c2ccc3c(c2NC(=O)NS(=O)(=O)c2ccn(C(C)(C)C(=O)N(C)C)n2)CCC3)ccn1. The van der Waals surface area contributed by atoms with Crippen molar-refractivity contribution in [2.24, 2.45) is 0 Å². The molecule has 0 atom stereocenters. The third-order valence-corrected chi connectivity index (χ3v) is 7.57. The van der Waals surface area contributed by atoms with E-state index in [-0.39, 0.29) is 10.9 Å². The summed E-state index contributed by atoms with van der Waals surface area (Å²) in [6.07, 6.45) is 5.57. The molecule has 2 N–H and O–H groups in total. The summed E-state index contributed by atoms with van der Waals surface area (Å²) in [4.78, 5) is 31.0. The second kappa shape index (κ2) is 9.85. The minimum Gasteiger partial charge on any atom is -0.481 e. The third-order valence-electron chi connectivity index (χ3n) is 6.35. The van der Waals surface area contributed by atoms with Gasteiger partial charge in [-0.1, -0.05) is 12.1 Å². The number of carbonyl (C=O) groups is 2. The number of nitrogens with one attached hydrogen (secondary N) is 2. The highest BCUT2D eigenvalue weighted by atomic mass is 32.2. The quantitative estimate of drug-likeness (QED) is 0.483. The largest absolute Gasteiger partial charge is 0.481 e. The first-order valence-electron chi connectivity index (χ1n) is 11.7. The van der Waals surface area contributed by atoms with E-state index in [1.807, 2.05) is 16.9 Å². The lowest BCUT2D eigenvalue weighted by molar-refractivity contribution is -0.137. The number of benzene rings is 1. The molecule has 0 radical (unpaired) electrons. The van der Waals surface area contributed by atoms with Crippen molar-refractivity contribution in [2.45, 2.75) is 43.7 Å². The number of sulfonamides is 1. The first kappa shape index (κ1) is 26.1. The standard InChI is InChI=1S/C25H30N6O5S/c1-25(2,23(32)30(3)4)31-14-12-21(28-31)37(34,35)29-24(33)27-22-18-8-6-7-16(18)9-10-19(22)17-11-13-26-20(15-17)36-5/h9-15H,6-8H2,1-5H3,(H2,27,29,33). The van der Waals surface area contributed by atoms with Gasteiger partial charge in [0.1, 0.15) is 5.54 Å². The number of rotatable bonds is 7. The number of likely N-dealkylation sites (N-methyl/N-ethyl adjacent to an activating group) is 1. The molecule has 0 saturated heterocycles. The molecule has 0 fully saturated rings. The molecule has 2 heterocycles. The van der Waals surface area contributed by atoms with Crippen LogP contribution in [0.2, 0.25) is 0 Å². The molecular formula is C25H30N6O5S. The molecule has 0 unspecified atom stereocenters. The highest BCUT2D eigenvalue weighted by Crippen LogP contribution is 2.38. The second-order valence-electron chi connectivity index (χ2n) is 9.48. The number of pyridine rings is 1. The van der Waals surface area contributed by atoms with Crippen molar-refractivity contribution < 1.29 is 22.7 Å². The van der Waals surface area contributed by atoms with Gasteiger partial charge in [0.2, 0.25) is 11.8 Å². The molecule has 2 aromatic heterocycles. The topological polar surface area (TPSA) is 136 Å². The molecule has 196 valence electrons. The number of nitrogens with zero attached hydrogens (tertiary/aromatic N) is 4. The minimum absolute atomic E-state index is 0.261. The number of anilines is 1. The highest BCUT2D eigenvalue weighted by molar-refractivity contribution is 7.90. The Morgan fingerprint density at radius 1 is 1.14 bits per heavy atom. The number of carbonyl (C=O) groups excluding carboxylic acids is 2. The van der Waals surface area contributed by atoms with Crippen LogP contribution in [0.1, 0.15) is 31.4 Å². The Hall–Kier alpha value is -3.93. The van der Waals surface area contributed by atoms with Crippen LogP contribution in [0.15, 0.2) is 47.8 Å². The molecule has 1 aliphatic rings. The molecular weight excluding hydrogens is 496 g/mol. The molecule has 0 bridgehead atoms. The summed E-state index contributed by atoms with van der Waals surface area (Å²) in [6, 6.07) is 7.79. The number of methoxy groups -OCH3 is 1. The Morgan fingerprint density at radius 2 is 1.89 bits per heavy atom. The van der Waals surface area contributed by atoms with Gasteiger partial charge in [-0.25, -0.2) is 14.5 Å². The molecule has 12 heteroatoms. The molecule has 0 saturated carbocycles. The van der Waals surface area contributed by atoms with E-state index in [0.29, 0.717) is 11.6 Å². The van der Waals surface area contributed by atoms with Crippen molar-refractivity contribution >= 4 is 27.6 Å². The number of aryl methyl sites for hydroxylation is 1. The zero-order valence-electron chi connectivity index (χ0n) is 21.4. The van der Waals surface area contributed by atoms with E-state index in [4.69, 9.17) is 4.74 Å². The smallest absolute Gasteiger partial charge is 0.333 e. The predicted molar refractivity (Wildman–Crippen MR) is 138 cm³/mol. The van der Waals surface area contributed by atoms with Crippen LogP contribution in [0.3, 0.4) is 0 Å². The van der Waals surface area contributed by atoms with E-state index in [9.17, 15) is 18.0 Å². The fourth-order valence-electron chi connectivity index (χ4n) is 4.46. The zero-order valence-corrected chi connectivity index (χ0v) is 22.2. The van der Waals surface area contributed by atoms with E-state index < -0.39 is 21.6 Å². The molecule has 1 aliphatic carbocycles. The highest BCUT2D eigenvalue weighted by Gasteiger charge is 2.33. The molecule has 1 aromatic carbocycles. The van der Waals surface area contributed by atoms with E-state index in [0.717, 1.165) is 41.5 Å². The van der Waals surface area contributed by atoms with E-state index in [1.165, 1.54) is 29.0 Å². The van der Waals surface area contributed by atoms with Gasteiger partial charge in [0.05, 0.1) is 12.8 Å². The van der Waals surface area contributed by atoms with Crippen molar-refractivity contribution in [3.8, 4) is 17.0 Å². The number of ether oxygens (including phenoxy) is 1. The van der Waals surface area contributed by atoms with E-state index >= 15 is 0 Å². The van der Waals surface area contributed by atoms with Crippen LogP contribution in [-0.2, 0) is 33.2 Å². The Bertz CT molecular complexity index is 1460. The Balaban J connectivity index is 1.61. The van der Waals surface area contributed by atoms with Gasteiger partial charge in [0.25, 0.3) is 10.0 Å². The van der Waals surface area contributed by atoms with Crippen LogP contribution < -0.4 is 14.8 Å². The summed E-state index contributed by atoms with van der Waals surface area (Å²) < 4.78 is 34.5. The lowest BCUT2D eigenvalue weighted by Crippen LogP contribution is -2.44. The fourth-order valence-corrected chi connectivity index (χ4v) is 5.29. The van der Waals surface area contributed by atoms with Gasteiger partial charge in [0.15, 0.2) is 5.03 Å². The Kier molecular flexibility index (Phi) is 6.96. The van der Waals surface area contributed by atoms with Crippen molar-refractivity contribution in [1.82, 2.24) is 24.4 Å². The molecule has 11 nitrogen and oxygen atoms in total. The monoisotopic (exact) mass is 526 g/mol. The van der Waals surface area contributed by atoms with Gasteiger partial charge < -0.3 is 15.0 Å². The molecule has 4 rings (SSSR count). The fraction of sp³-hybridized carbons (Fsp3) is 0.360. The Morgan fingerprint density at radius 3 is 2.59 bits per heavy atom. The van der Waals surface area contributed by atoms with Crippen molar-refractivity contribution in [3.05, 3.63) is 53.9 Å². The summed E-state index contributed by atoms with van der Waals surface area (Å²) in [5, 5.41) is 6.46. The lowest BCUT2D eigenvalue weighted by Gasteiger charge is -2.27. The van der Waals surface area contributed by atoms with Crippen molar-refractivity contribution in [2.75, 3.05) is 26.5 Å². The number of hydrogen-bond acceptors (Lipinski definition) is 7. The van der Waals surface area contributed by atoms with Gasteiger partial charge in [-0.05, 0) is 61.9 Å². The Labute approximate surface area is 215 Å². The number of hydrogen-bond donors (Lipinski definition) is 2. The first-order chi connectivity index (χ1) is 17.4. The van der Waals surface area contributed by atoms with Crippen molar-refractivity contribution in [3.63, 3.8) is 0 Å². The maximum absolute atomic E-state index is 13.0. The average Bonchev–Trinajstić information content (AvgIpc) is 3.54. The summed E-state index contributed by atoms with van der Waals surface area (Å²) in [5.74, 6) is 0.158. The maximum Gasteiger partial charge on any atom is 0.333 e. The van der Waals surface area contributed by atoms with Crippen LogP contribution in [0, 0.1) is 0 Å². The van der Waals surface area contributed by atoms with Gasteiger partial charge in [0, 0.05) is 38.1 Å². The van der Waals surface area contributed by atoms with Crippen LogP contribution >= 0.6 is 0 Å². The lowest BCUT2D eigenvalue weighted by atomic mass is 9.98. The van der Waals surface area contributed by atoms with Crippen LogP contribution in [-0.4, -0.2) is 61.2 Å². The van der Waals surface area contributed by atoms with E-state index in [2.05, 4.69) is 15.4 Å². The van der Waals surface area contributed by atoms with Crippen LogP contribution in [0.5, 0.6) is 5.88 Å². The summed E-state index contributed by atoms with van der Waals surface area (Å²) in [5.41, 5.74) is 2.99. The first-order valence-corrected chi connectivity index (χ1v) is 13.2. The maximum atomic E-state index is 13.0. The summed E-state index contributed by atoms with van der Waals surface area (Å²) in [7, 11) is 0.413. The molecule has 3 amide bonds. The van der Waals surface area contributed by atoms with Gasteiger partial charge in [-0.15, -0.1) is 0 Å². The predicted octanol–water partition coefficient (Wildman–Crippen LogP) is 2.78.